The third kappa shape index (κ3) is 1.60. The van der Waals surface area contributed by atoms with Crippen LogP contribution in [0.15, 0.2) is 6.07 Å². The zero-order valence-electron chi connectivity index (χ0n) is 6.90. The van der Waals surface area contributed by atoms with E-state index in [0.717, 1.165) is 7.11 Å². The van der Waals surface area contributed by atoms with Crippen molar-refractivity contribution in [2.75, 3.05) is 7.11 Å². The first-order chi connectivity index (χ1) is 6.11. The second kappa shape index (κ2) is 3.66. The van der Waals surface area contributed by atoms with Gasteiger partial charge in [0.1, 0.15) is 5.82 Å². The Labute approximate surface area is 73.1 Å². The van der Waals surface area contributed by atoms with Gasteiger partial charge in [-0.3, -0.25) is 0 Å². The van der Waals surface area contributed by atoms with E-state index in [1.54, 1.807) is 0 Å². The number of ether oxygens (including phenoxy) is 1. The van der Waals surface area contributed by atoms with Crippen LogP contribution in [-0.2, 0) is 6.54 Å². The van der Waals surface area contributed by atoms with Crippen LogP contribution in [0.2, 0.25) is 0 Å². The van der Waals surface area contributed by atoms with Gasteiger partial charge in [0, 0.05) is 18.2 Å². The largest absolute Gasteiger partial charge is 0.491 e. The van der Waals surface area contributed by atoms with Crippen molar-refractivity contribution in [1.82, 2.24) is 0 Å². The fourth-order valence-corrected chi connectivity index (χ4v) is 0.985. The second-order valence-electron chi connectivity index (χ2n) is 2.37. The zero-order chi connectivity index (χ0) is 10.0. The molecule has 0 aliphatic heterocycles. The lowest BCUT2D eigenvalue weighted by molar-refractivity contribution is 0.353. The summed E-state index contributed by atoms with van der Waals surface area (Å²) in [4.78, 5) is 0. The van der Waals surface area contributed by atoms with Crippen molar-refractivity contribution in [2.24, 2.45) is 5.73 Å². The fourth-order valence-electron chi connectivity index (χ4n) is 0.985. The number of halogens is 3. The van der Waals surface area contributed by atoms with E-state index in [0.29, 0.717) is 6.07 Å². The van der Waals surface area contributed by atoms with Crippen LogP contribution in [0.3, 0.4) is 0 Å². The van der Waals surface area contributed by atoms with Gasteiger partial charge in [-0.2, -0.15) is 0 Å². The molecule has 1 aromatic carbocycles. The minimum atomic E-state index is -1.08. The number of benzene rings is 1. The normalized spacial score (nSPS) is 10.2. The van der Waals surface area contributed by atoms with E-state index in [-0.39, 0.29) is 12.1 Å². The van der Waals surface area contributed by atoms with Gasteiger partial charge in [-0.1, -0.05) is 0 Å². The summed E-state index contributed by atoms with van der Waals surface area (Å²) in [6, 6.07) is 0.546. The summed E-state index contributed by atoms with van der Waals surface area (Å²) >= 11 is 0. The number of hydrogen-bond acceptors (Lipinski definition) is 2. The minimum absolute atomic E-state index is 0.339. The molecule has 0 unspecified atom stereocenters. The highest BCUT2D eigenvalue weighted by Crippen LogP contribution is 2.26. The molecule has 0 saturated carbocycles. The van der Waals surface area contributed by atoms with Gasteiger partial charge in [-0.15, -0.1) is 0 Å². The molecule has 72 valence electrons. The van der Waals surface area contributed by atoms with Gasteiger partial charge in [0.25, 0.3) is 0 Å². The van der Waals surface area contributed by atoms with E-state index >= 15 is 0 Å². The summed E-state index contributed by atoms with van der Waals surface area (Å²) in [5, 5.41) is 0. The molecule has 13 heavy (non-hydrogen) atoms. The standard InChI is InChI=1S/C8H8F3NO/c1-13-8-6(10)2-5(9)4(3-12)7(8)11/h2H,3,12H2,1H3. The molecule has 0 amide bonds. The Bertz CT molecular complexity index is 299. The molecule has 5 heteroatoms. The monoisotopic (exact) mass is 191 g/mol. The van der Waals surface area contributed by atoms with E-state index in [1.165, 1.54) is 0 Å². The maximum atomic E-state index is 13.1. The molecule has 2 N–H and O–H groups in total. The summed E-state index contributed by atoms with van der Waals surface area (Å²) in [6.45, 7) is -0.339. The molecule has 0 spiro atoms. The third-order valence-corrected chi connectivity index (χ3v) is 1.63. The molecule has 1 aromatic rings. The molecule has 2 nitrogen and oxygen atoms in total. The maximum absolute atomic E-state index is 13.1. The number of nitrogens with two attached hydrogens (primary N) is 1. The summed E-state index contributed by atoms with van der Waals surface area (Å²) in [7, 11) is 1.10. The van der Waals surface area contributed by atoms with Crippen molar-refractivity contribution < 1.29 is 17.9 Å². The molecule has 0 aliphatic carbocycles. The van der Waals surface area contributed by atoms with Gasteiger partial charge in [-0.25, -0.2) is 13.2 Å². The molecule has 1 rings (SSSR count). The minimum Gasteiger partial charge on any atom is -0.491 e. The van der Waals surface area contributed by atoms with E-state index in [1.807, 2.05) is 0 Å². The van der Waals surface area contributed by atoms with Crippen molar-refractivity contribution in [1.29, 1.82) is 0 Å². The van der Waals surface area contributed by atoms with Crippen LogP contribution in [0.5, 0.6) is 5.75 Å². The molecule has 0 bridgehead atoms. The van der Waals surface area contributed by atoms with Crippen LogP contribution in [0, 0.1) is 17.5 Å². The Hall–Kier alpha value is -1.23. The molecular formula is C8H8F3NO. The van der Waals surface area contributed by atoms with Gasteiger partial charge in [0.2, 0.25) is 0 Å². The first-order valence-corrected chi connectivity index (χ1v) is 3.52. The third-order valence-electron chi connectivity index (χ3n) is 1.63. The number of rotatable bonds is 2. The molecule has 0 fully saturated rings. The van der Waals surface area contributed by atoms with Crippen LogP contribution >= 0.6 is 0 Å². The Balaban J connectivity index is 3.39. The molecule has 0 heterocycles. The predicted octanol–water partition coefficient (Wildman–Crippen LogP) is 1.57. The van der Waals surface area contributed by atoms with Crippen molar-refractivity contribution in [3.05, 3.63) is 29.1 Å². The van der Waals surface area contributed by atoms with E-state index in [9.17, 15) is 13.2 Å². The highest BCUT2D eigenvalue weighted by Gasteiger charge is 2.17. The van der Waals surface area contributed by atoms with Crippen LogP contribution in [0.25, 0.3) is 0 Å². The molecule has 0 aliphatic rings. The SMILES string of the molecule is COc1c(F)cc(F)c(CN)c1F. The van der Waals surface area contributed by atoms with Crippen LogP contribution in [0.4, 0.5) is 13.2 Å². The number of hydrogen-bond donors (Lipinski definition) is 1. The van der Waals surface area contributed by atoms with Gasteiger partial charge in [0.05, 0.1) is 7.11 Å². The Morgan fingerprint density at radius 2 is 1.92 bits per heavy atom. The average Bonchev–Trinajstić information content (AvgIpc) is 2.04. The van der Waals surface area contributed by atoms with Gasteiger partial charge in [-0.05, 0) is 0 Å². The molecular weight excluding hydrogens is 183 g/mol. The van der Waals surface area contributed by atoms with Gasteiger partial charge >= 0.3 is 0 Å². The smallest absolute Gasteiger partial charge is 0.190 e. The molecule has 0 saturated heterocycles. The van der Waals surface area contributed by atoms with E-state index in [4.69, 9.17) is 5.73 Å². The Morgan fingerprint density at radius 3 is 2.38 bits per heavy atom. The Morgan fingerprint density at radius 1 is 1.31 bits per heavy atom. The number of methoxy groups -OCH3 is 1. The lowest BCUT2D eigenvalue weighted by Gasteiger charge is -2.07. The first-order valence-electron chi connectivity index (χ1n) is 3.52. The van der Waals surface area contributed by atoms with E-state index < -0.39 is 23.2 Å². The zero-order valence-corrected chi connectivity index (χ0v) is 6.90. The summed E-state index contributed by atoms with van der Waals surface area (Å²) < 4.78 is 43.1. The van der Waals surface area contributed by atoms with Crippen LogP contribution in [-0.4, -0.2) is 7.11 Å². The van der Waals surface area contributed by atoms with Crippen molar-refractivity contribution in [2.45, 2.75) is 6.54 Å². The van der Waals surface area contributed by atoms with Crippen molar-refractivity contribution >= 4 is 0 Å². The highest BCUT2D eigenvalue weighted by atomic mass is 19.1. The summed E-state index contributed by atoms with van der Waals surface area (Å²) in [6.07, 6.45) is 0. The quantitative estimate of drug-likeness (QED) is 0.770. The lowest BCUT2D eigenvalue weighted by Crippen LogP contribution is -2.06. The maximum Gasteiger partial charge on any atom is 0.190 e. The van der Waals surface area contributed by atoms with Crippen molar-refractivity contribution in [3.63, 3.8) is 0 Å². The topological polar surface area (TPSA) is 35.2 Å². The lowest BCUT2D eigenvalue weighted by atomic mass is 10.2. The first kappa shape index (κ1) is 9.85. The van der Waals surface area contributed by atoms with Gasteiger partial charge in [0.15, 0.2) is 17.4 Å². The van der Waals surface area contributed by atoms with Gasteiger partial charge < -0.3 is 10.5 Å². The van der Waals surface area contributed by atoms with Crippen molar-refractivity contribution in [3.8, 4) is 5.75 Å². The average molecular weight is 191 g/mol. The van der Waals surface area contributed by atoms with Crippen LogP contribution < -0.4 is 10.5 Å². The summed E-state index contributed by atoms with van der Waals surface area (Å²) in [5.41, 5.74) is 4.69. The summed E-state index contributed by atoms with van der Waals surface area (Å²) in [5.74, 6) is -3.77. The molecule has 0 aromatic heterocycles. The highest BCUT2D eigenvalue weighted by molar-refractivity contribution is 5.33. The molecule has 0 radical (unpaired) electrons. The molecule has 0 atom stereocenters. The fraction of sp³-hybridized carbons (Fsp3) is 0.250. The Kier molecular flexibility index (Phi) is 2.77. The van der Waals surface area contributed by atoms with E-state index in [2.05, 4.69) is 4.74 Å². The van der Waals surface area contributed by atoms with Crippen LogP contribution in [0.1, 0.15) is 5.56 Å². The predicted molar refractivity (Wildman–Crippen MR) is 40.8 cm³/mol. The second-order valence-corrected chi connectivity index (χ2v) is 2.37.